The van der Waals surface area contributed by atoms with Gasteiger partial charge in [0.25, 0.3) is 0 Å². The van der Waals surface area contributed by atoms with E-state index in [1.807, 2.05) is 6.07 Å². The Morgan fingerprint density at radius 1 is 1.03 bits per heavy atom. The van der Waals surface area contributed by atoms with E-state index >= 15 is 0 Å². The number of esters is 1. The highest BCUT2D eigenvalue weighted by molar-refractivity contribution is 8.18. The zero-order valence-electron chi connectivity index (χ0n) is 17.7. The zero-order chi connectivity index (χ0) is 22.4. The lowest BCUT2D eigenvalue weighted by Crippen LogP contribution is -2.12. The normalized spacial score (nSPS) is 16.0. The van der Waals surface area contributed by atoms with E-state index in [2.05, 4.69) is 4.99 Å². The molecule has 0 aromatic heterocycles. The Bertz CT molecular complexity index is 1060. The minimum absolute atomic E-state index is 0.0365. The maximum atomic E-state index is 12.5. The van der Waals surface area contributed by atoms with Crippen molar-refractivity contribution in [2.75, 3.05) is 27.9 Å². The number of rotatable bonds is 7. The number of methoxy groups -OCH3 is 3. The Labute approximate surface area is 185 Å². The van der Waals surface area contributed by atoms with Crippen LogP contribution in [0.15, 0.2) is 63.7 Å². The predicted molar refractivity (Wildman–Crippen MR) is 121 cm³/mol. The number of nitrogens with zero attached hydrogens (tertiary/aromatic N) is 1. The lowest BCUT2D eigenvalue weighted by atomic mass is 10.1. The quantitative estimate of drug-likeness (QED) is 0.611. The summed E-state index contributed by atoms with van der Waals surface area (Å²) in [4.78, 5) is 17.5. The molecule has 2 aromatic carbocycles. The molecule has 8 heteroatoms. The molecule has 162 valence electrons. The van der Waals surface area contributed by atoms with Crippen molar-refractivity contribution in [3.63, 3.8) is 0 Å². The molecule has 1 N–H and O–H groups in total. The molecule has 0 radical (unpaired) electrons. The number of aliphatic hydroxyl groups is 1. The van der Waals surface area contributed by atoms with Crippen LogP contribution in [-0.2, 0) is 9.53 Å². The van der Waals surface area contributed by atoms with Crippen LogP contribution in [0.25, 0.3) is 6.08 Å². The molecule has 3 rings (SSSR count). The molecule has 0 saturated carbocycles. The van der Waals surface area contributed by atoms with Gasteiger partial charge < -0.3 is 24.1 Å². The van der Waals surface area contributed by atoms with Crippen LogP contribution in [0.5, 0.6) is 17.2 Å². The SMILES string of the molecule is CCOC(=O)C1=C(O)/C(=C\c2ccc(OC)c(OC)c2)SC1=Nc1ccc(OC)cc1. The lowest BCUT2D eigenvalue weighted by molar-refractivity contribution is -0.138. The average molecular weight is 442 g/mol. The Balaban J connectivity index is 2.02. The summed E-state index contributed by atoms with van der Waals surface area (Å²) in [6.07, 6.45) is 1.75. The molecule has 0 amide bonds. The van der Waals surface area contributed by atoms with Crippen LogP contribution in [0, 0.1) is 0 Å². The maximum Gasteiger partial charge on any atom is 0.344 e. The third-order valence-electron chi connectivity index (χ3n) is 4.38. The summed E-state index contributed by atoms with van der Waals surface area (Å²) in [5.41, 5.74) is 1.42. The number of hydrogen-bond acceptors (Lipinski definition) is 8. The summed E-state index contributed by atoms with van der Waals surface area (Å²) in [6, 6.07) is 12.4. The zero-order valence-corrected chi connectivity index (χ0v) is 18.5. The number of carbonyl (C=O) groups is 1. The average Bonchev–Trinajstić information content (AvgIpc) is 3.08. The summed E-state index contributed by atoms with van der Waals surface area (Å²) in [5, 5.41) is 11.2. The van der Waals surface area contributed by atoms with Crippen molar-refractivity contribution < 1.29 is 28.8 Å². The van der Waals surface area contributed by atoms with Gasteiger partial charge in [-0.15, -0.1) is 0 Å². The van der Waals surface area contributed by atoms with Gasteiger partial charge in [-0.2, -0.15) is 0 Å². The summed E-state index contributed by atoms with van der Waals surface area (Å²) in [6.45, 7) is 1.89. The van der Waals surface area contributed by atoms with Gasteiger partial charge in [-0.25, -0.2) is 9.79 Å². The van der Waals surface area contributed by atoms with Crippen LogP contribution in [-0.4, -0.2) is 44.1 Å². The Morgan fingerprint density at radius 3 is 2.35 bits per heavy atom. The monoisotopic (exact) mass is 441 g/mol. The third kappa shape index (κ3) is 5.03. The second kappa shape index (κ2) is 10.1. The van der Waals surface area contributed by atoms with Crippen molar-refractivity contribution in [1.29, 1.82) is 0 Å². The van der Waals surface area contributed by atoms with E-state index in [-0.39, 0.29) is 17.9 Å². The summed E-state index contributed by atoms with van der Waals surface area (Å²) >= 11 is 1.19. The van der Waals surface area contributed by atoms with Gasteiger partial charge in [-0.05, 0) is 55.0 Å². The van der Waals surface area contributed by atoms with Crippen LogP contribution in [0.1, 0.15) is 12.5 Å². The van der Waals surface area contributed by atoms with Crippen molar-refractivity contribution in [2.45, 2.75) is 6.92 Å². The van der Waals surface area contributed by atoms with E-state index in [9.17, 15) is 9.90 Å². The van der Waals surface area contributed by atoms with Crippen LogP contribution in [0.3, 0.4) is 0 Å². The molecule has 1 heterocycles. The molecule has 2 aromatic rings. The molecule has 0 aliphatic carbocycles. The molecule has 0 atom stereocenters. The van der Waals surface area contributed by atoms with Crippen molar-refractivity contribution in [2.24, 2.45) is 4.99 Å². The number of ether oxygens (including phenoxy) is 4. The molecule has 31 heavy (non-hydrogen) atoms. The molecular weight excluding hydrogens is 418 g/mol. The van der Waals surface area contributed by atoms with Crippen molar-refractivity contribution in [1.82, 2.24) is 0 Å². The largest absolute Gasteiger partial charge is 0.506 e. The molecule has 0 unspecified atom stereocenters. The molecular formula is C23H23NO6S. The smallest absolute Gasteiger partial charge is 0.344 e. The fraction of sp³-hybridized carbons (Fsp3) is 0.217. The molecule has 1 aliphatic heterocycles. The highest BCUT2D eigenvalue weighted by Gasteiger charge is 2.33. The van der Waals surface area contributed by atoms with Gasteiger partial charge >= 0.3 is 5.97 Å². The Morgan fingerprint density at radius 2 is 1.74 bits per heavy atom. The van der Waals surface area contributed by atoms with E-state index in [4.69, 9.17) is 18.9 Å². The van der Waals surface area contributed by atoms with Gasteiger partial charge in [0.1, 0.15) is 22.1 Å². The number of carbonyl (C=O) groups excluding carboxylic acids is 1. The van der Waals surface area contributed by atoms with E-state index < -0.39 is 5.97 Å². The minimum Gasteiger partial charge on any atom is -0.506 e. The first-order valence-corrected chi connectivity index (χ1v) is 10.3. The molecule has 0 bridgehead atoms. The molecule has 0 saturated heterocycles. The number of aliphatic imine (C=N–C) groups is 1. The number of thioether (sulfide) groups is 1. The van der Waals surface area contributed by atoms with E-state index in [0.717, 1.165) is 5.56 Å². The van der Waals surface area contributed by atoms with Crippen LogP contribution >= 0.6 is 11.8 Å². The predicted octanol–water partition coefficient (Wildman–Crippen LogP) is 4.91. The first-order valence-electron chi connectivity index (χ1n) is 9.46. The molecule has 0 spiro atoms. The van der Waals surface area contributed by atoms with Gasteiger partial charge in [0.15, 0.2) is 11.5 Å². The second-order valence-electron chi connectivity index (χ2n) is 6.28. The van der Waals surface area contributed by atoms with E-state index in [1.165, 1.54) is 11.8 Å². The van der Waals surface area contributed by atoms with Crippen molar-refractivity contribution in [3.05, 3.63) is 64.3 Å². The van der Waals surface area contributed by atoms with Crippen molar-refractivity contribution >= 4 is 34.5 Å². The highest BCUT2D eigenvalue weighted by Crippen LogP contribution is 2.41. The van der Waals surface area contributed by atoms with Gasteiger partial charge in [0.05, 0.1) is 38.5 Å². The fourth-order valence-corrected chi connectivity index (χ4v) is 3.89. The fourth-order valence-electron chi connectivity index (χ4n) is 2.86. The summed E-state index contributed by atoms with van der Waals surface area (Å²) in [7, 11) is 4.69. The first-order chi connectivity index (χ1) is 15.0. The standard InChI is InChI=1S/C23H23NO6S/c1-5-30-23(26)20-21(25)19(13-14-6-11-17(28-3)18(12-14)29-4)31-22(20)24-15-7-9-16(27-2)10-8-15/h6-13,25H,5H2,1-4H3/b19-13+,24-22?. The topological polar surface area (TPSA) is 86.6 Å². The van der Waals surface area contributed by atoms with Crippen molar-refractivity contribution in [3.8, 4) is 17.2 Å². The van der Waals surface area contributed by atoms with Gasteiger partial charge in [0, 0.05) is 0 Å². The van der Waals surface area contributed by atoms with Gasteiger partial charge in [-0.3, -0.25) is 0 Å². The molecule has 7 nitrogen and oxygen atoms in total. The van der Waals surface area contributed by atoms with Crippen LogP contribution in [0.4, 0.5) is 5.69 Å². The maximum absolute atomic E-state index is 12.5. The molecule has 1 aliphatic rings. The highest BCUT2D eigenvalue weighted by atomic mass is 32.2. The summed E-state index contributed by atoms with van der Waals surface area (Å²) in [5.74, 6) is 1.04. The number of hydrogen-bond donors (Lipinski definition) is 1. The first kappa shape index (κ1) is 22.3. The van der Waals surface area contributed by atoms with E-state index in [0.29, 0.717) is 32.9 Å². The van der Waals surface area contributed by atoms with Gasteiger partial charge in [-0.1, -0.05) is 17.8 Å². The third-order valence-corrected chi connectivity index (χ3v) is 5.40. The lowest BCUT2D eigenvalue weighted by Gasteiger charge is -2.08. The number of benzene rings is 2. The minimum atomic E-state index is -0.629. The van der Waals surface area contributed by atoms with Gasteiger partial charge in [0.2, 0.25) is 0 Å². The number of aliphatic hydroxyl groups excluding tert-OH is 1. The van der Waals surface area contributed by atoms with Crippen LogP contribution in [0.2, 0.25) is 0 Å². The van der Waals surface area contributed by atoms with Crippen LogP contribution < -0.4 is 14.2 Å². The summed E-state index contributed by atoms with van der Waals surface area (Å²) < 4.78 is 20.9. The Hall–Kier alpha value is -3.39. The Kier molecular flexibility index (Phi) is 7.25. The molecule has 0 fully saturated rings. The van der Waals surface area contributed by atoms with E-state index in [1.54, 1.807) is 70.7 Å². The second-order valence-corrected chi connectivity index (χ2v) is 7.31.